The van der Waals surface area contributed by atoms with E-state index in [1.807, 2.05) is 0 Å². The van der Waals surface area contributed by atoms with Crippen LogP contribution in [0.25, 0.3) is 0 Å². The zero-order valence-corrected chi connectivity index (χ0v) is 15.0. The number of nitrogens with one attached hydrogen (secondary N) is 2. The molecule has 0 bridgehead atoms. The molecule has 6 nitrogen and oxygen atoms in total. The maximum absolute atomic E-state index is 12.9. The number of benzene rings is 2. The standard InChI is InChI=1S/C16H16ClFN2O4S/c1-10(20-25(22,23)13-6-4-12(18)5-7-13)16(21)19-14-9-11(17)3-8-15(14)24-2/h3-10,20H,1-2H3,(H,19,21)/t10-/m0/s1. The second kappa shape index (κ2) is 7.81. The highest BCUT2D eigenvalue weighted by molar-refractivity contribution is 7.89. The van der Waals surface area contributed by atoms with Crippen molar-refractivity contribution >= 4 is 33.2 Å². The zero-order valence-electron chi connectivity index (χ0n) is 13.4. The van der Waals surface area contributed by atoms with Crippen molar-refractivity contribution in [1.29, 1.82) is 0 Å². The predicted molar refractivity (Wildman–Crippen MR) is 92.8 cm³/mol. The molecule has 134 valence electrons. The number of anilines is 1. The molecule has 0 radical (unpaired) electrons. The van der Waals surface area contributed by atoms with Crippen molar-refractivity contribution in [2.75, 3.05) is 12.4 Å². The monoisotopic (exact) mass is 386 g/mol. The Bertz CT molecular complexity index is 872. The minimum Gasteiger partial charge on any atom is -0.495 e. The third-order valence-corrected chi connectivity index (χ3v) is 5.06. The van der Waals surface area contributed by atoms with Gasteiger partial charge < -0.3 is 10.1 Å². The minimum atomic E-state index is -3.97. The Morgan fingerprint density at radius 3 is 2.44 bits per heavy atom. The van der Waals surface area contributed by atoms with E-state index in [2.05, 4.69) is 10.0 Å². The summed E-state index contributed by atoms with van der Waals surface area (Å²) in [5.74, 6) is -0.782. The topological polar surface area (TPSA) is 84.5 Å². The fourth-order valence-corrected chi connectivity index (χ4v) is 3.36. The van der Waals surface area contributed by atoms with Crippen LogP contribution >= 0.6 is 11.6 Å². The van der Waals surface area contributed by atoms with Crippen LogP contribution in [0.5, 0.6) is 5.75 Å². The number of rotatable bonds is 6. The molecule has 0 fully saturated rings. The number of halogens is 2. The van der Waals surface area contributed by atoms with E-state index in [9.17, 15) is 17.6 Å². The zero-order chi connectivity index (χ0) is 18.6. The number of methoxy groups -OCH3 is 1. The van der Waals surface area contributed by atoms with E-state index in [1.54, 1.807) is 12.1 Å². The van der Waals surface area contributed by atoms with Crippen LogP contribution in [0.4, 0.5) is 10.1 Å². The molecule has 2 aromatic carbocycles. The lowest BCUT2D eigenvalue weighted by molar-refractivity contribution is -0.117. The molecule has 2 N–H and O–H groups in total. The van der Waals surface area contributed by atoms with E-state index in [-0.39, 0.29) is 4.90 Å². The molecule has 2 aromatic rings. The van der Waals surface area contributed by atoms with Gasteiger partial charge in [0.2, 0.25) is 15.9 Å². The van der Waals surface area contributed by atoms with Crippen LogP contribution in [-0.2, 0) is 14.8 Å². The lowest BCUT2D eigenvalue weighted by Crippen LogP contribution is -2.41. The molecule has 0 aliphatic heterocycles. The average molecular weight is 387 g/mol. The lowest BCUT2D eigenvalue weighted by Gasteiger charge is -2.16. The first-order chi connectivity index (χ1) is 11.7. The first kappa shape index (κ1) is 19.2. The van der Waals surface area contributed by atoms with Crippen molar-refractivity contribution < 1.29 is 22.3 Å². The Balaban J connectivity index is 2.12. The van der Waals surface area contributed by atoms with Crippen LogP contribution in [0.1, 0.15) is 6.92 Å². The van der Waals surface area contributed by atoms with Crippen molar-refractivity contribution in [2.45, 2.75) is 17.9 Å². The maximum Gasteiger partial charge on any atom is 0.242 e. The molecular weight excluding hydrogens is 371 g/mol. The summed E-state index contributed by atoms with van der Waals surface area (Å²) in [6, 6.07) is 7.84. The molecule has 0 aromatic heterocycles. The maximum atomic E-state index is 12.9. The van der Waals surface area contributed by atoms with Crippen molar-refractivity contribution in [1.82, 2.24) is 4.72 Å². The van der Waals surface area contributed by atoms with Crippen LogP contribution in [0, 0.1) is 5.82 Å². The van der Waals surface area contributed by atoms with Crippen molar-refractivity contribution in [3.63, 3.8) is 0 Å². The van der Waals surface area contributed by atoms with E-state index in [1.165, 1.54) is 20.1 Å². The molecule has 9 heteroatoms. The Kier molecular flexibility index (Phi) is 5.99. The van der Waals surface area contributed by atoms with Gasteiger partial charge in [-0.05, 0) is 49.4 Å². The van der Waals surface area contributed by atoms with E-state index in [4.69, 9.17) is 16.3 Å². The fourth-order valence-electron chi connectivity index (χ4n) is 1.99. The molecule has 0 heterocycles. The molecule has 0 spiro atoms. The van der Waals surface area contributed by atoms with E-state index in [0.29, 0.717) is 16.5 Å². The molecule has 0 aliphatic rings. The predicted octanol–water partition coefficient (Wildman–Crippen LogP) is 2.79. The van der Waals surface area contributed by atoms with Crippen LogP contribution in [-0.4, -0.2) is 27.5 Å². The van der Waals surface area contributed by atoms with Crippen molar-refractivity contribution in [3.05, 3.63) is 53.3 Å². The van der Waals surface area contributed by atoms with Crippen molar-refractivity contribution in [3.8, 4) is 5.75 Å². The summed E-state index contributed by atoms with van der Waals surface area (Å²) in [4.78, 5) is 12.1. The van der Waals surface area contributed by atoms with Crippen LogP contribution in [0.15, 0.2) is 47.4 Å². The fraction of sp³-hybridized carbons (Fsp3) is 0.188. The Morgan fingerprint density at radius 2 is 1.84 bits per heavy atom. The van der Waals surface area contributed by atoms with Gasteiger partial charge >= 0.3 is 0 Å². The number of hydrogen-bond acceptors (Lipinski definition) is 4. The third kappa shape index (κ3) is 4.91. The third-order valence-electron chi connectivity index (χ3n) is 3.27. The van der Waals surface area contributed by atoms with Gasteiger partial charge in [0.05, 0.1) is 23.7 Å². The molecule has 1 atom stereocenters. The van der Waals surface area contributed by atoms with Gasteiger partial charge in [0.1, 0.15) is 11.6 Å². The van der Waals surface area contributed by atoms with Gasteiger partial charge in [0.15, 0.2) is 0 Å². The quantitative estimate of drug-likeness (QED) is 0.799. The van der Waals surface area contributed by atoms with Gasteiger partial charge in [-0.3, -0.25) is 4.79 Å². The smallest absolute Gasteiger partial charge is 0.242 e. The number of hydrogen-bond donors (Lipinski definition) is 2. The molecular formula is C16H16ClFN2O4S. The normalized spacial score (nSPS) is 12.5. The average Bonchev–Trinajstić information content (AvgIpc) is 2.55. The number of carbonyl (C=O) groups excluding carboxylic acids is 1. The largest absolute Gasteiger partial charge is 0.495 e. The molecule has 0 saturated heterocycles. The molecule has 25 heavy (non-hydrogen) atoms. The Labute approximate surface area is 150 Å². The summed E-state index contributed by atoms with van der Waals surface area (Å²) in [6.07, 6.45) is 0. The van der Waals surface area contributed by atoms with Gasteiger partial charge in [-0.15, -0.1) is 0 Å². The summed E-state index contributed by atoms with van der Waals surface area (Å²) in [5, 5.41) is 2.93. The molecule has 1 amide bonds. The van der Waals surface area contributed by atoms with Crippen LogP contribution < -0.4 is 14.8 Å². The van der Waals surface area contributed by atoms with Gasteiger partial charge in [0.25, 0.3) is 0 Å². The Morgan fingerprint density at radius 1 is 1.20 bits per heavy atom. The van der Waals surface area contributed by atoms with Crippen LogP contribution in [0.2, 0.25) is 5.02 Å². The van der Waals surface area contributed by atoms with E-state index < -0.39 is 27.8 Å². The second-order valence-electron chi connectivity index (χ2n) is 5.13. The number of ether oxygens (including phenoxy) is 1. The summed E-state index contributed by atoms with van der Waals surface area (Å²) >= 11 is 5.89. The number of amides is 1. The Hall–Kier alpha value is -2.16. The summed E-state index contributed by atoms with van der Waals surface area (Å²) in [6.45, 7) is 1.38. The highest BCUT2D eigenvalue weighted by Crippen LogP contribution is 2.27. The van der Waals surface area contributed by atoms with Crippen LogP contribution in [0.3, 0.4) is 0 Å². The molecule has 0 unspecified atom stereocenters. The summed E-state index contributed by atoms with van der Waals surface area (Å²) in [5.41, 5.74) is 0.313. The molecule has 2 rings (SSSR count). The highest BCUT2D eigenvalue weighted by Gasteiger charge is 2.23. The van der Waals surface area contributed by atoms with Gasteiger partial charge in [0, 0.05) is 5.02 Å². The SMILES string of the molecule is COc1ccc(Cl)cc1NC(=O)[C@H](C)NS(=O)(=O)c1ccc(F)cc1. The highest BCUT2D eigenvalue weighted by atomic mass is 35.5. The van der Waals surface area contributed by atoms with E-state index in [0.717, 1.165) is 24.3 Å². The van der Waals surface area contributed by atoms with E-state index >= 15 is 0 Å². The van der Waals surface area contributed by atoms with Crippen molar-refractivity contribution in [2.24, 2.45) is 0 Å². The number of sulfonamides is 1. The summed E-state index contributed by atoms with van der Waals surface area (Å²) < 4.78 is 44.7. The minimum absolute atomic E-state index is 0.145. The van der Waals surface area contributed by atoms with Gasteiger partial charge in [-0.25, -0.2) is 12.8 Å². The first-order valence-electron chi connectivity index (χ1n) is 7.15. The van der Waals surface area contributed by atoms with Gasteiger partial charge in [-0.1, -0.05) is 11.6 Å². The number of carbonyl (C=O) groups is 1. The summed E-state index contributed by atoms with van der Waals surface area (Å²) in [7, 11) is -2.54. The lowest BCUT2D eigenvalue weighted by atomic mass is 10.2. The molecule has 0 saturated carbocycles. The second-order valence-corrected chi connectivity index (χ2v) is 7.28. The first-order valence-corrected chi connectivity index (χ1v) is 9.01. The molecule has 0 aliphatic carbocycles. The van der Waals surface area contributed by atoms with Gasteiger partial charge in [-0.2, -0.15) is 4.72 Å².